The van der Waals surface area contributed by atoms with E-state index in [4.69, 9.17) is 9.15 Å². The Morgan fingerprint density at radius 1 is 1.21 bits per heavy atom. The van der Waals surface area contributed by atoms with Crippen LogP contribution < -0.4 is 5.32 Å². The van der Waals surface area contributed by atoms with Gasteiger partial charge in [-0.3, -0.25) is 14.9 Å². The van der Waals surface area contributed by atoms with Crippen LogP contribution in [-0.2, 0) is 9.53 Å². The van der Waals surface area contributed by atoms with Gasteiger partial charge in [-0.1, -0.05) is 0 Å². The number of carbonyl (C=O) groups is 2. The van der Waals surface area contributed by atoms with E-state index in [1.165, 1.54) is 48.5 Å². The number of ether oxygens (including phenoxy) is 1. The number of nitro benzene ring substituents is 1. The lowest BCUT2D eigenvalue weighted by Gasteiger charge is -2.06. The number of esters is 1. The molecule has 1 amide bonds. The summed E-state index contributed by atoms with van der Waals surface area (Å²) >= 11 is 3.28. The summed E-state index contributed by atoms with van der Waals surface area (Å²) in [5, 5.41) is 22.9. The number of nitrogens with one attached hydrogen (secondary N) is 1. The Bertz CT molecular complexity index is 1290. The number of furan rings is 1. The van der Waals surface area contributed by atoms with Crippen molar-refractivity contribution in [3.8, 4) is 17.4 Å². The molecule has 0 aliphatic carbocycles. The van der Waals surface area contributed by atoms with Crippen LogP contribution in [0.1, 0.15) is 23.0 Å². The van der Waals surface area contributed by atoms with Gasteiger partial charge in [-0.2, -0.15) is 5.26 Å². The van der Waals surface area contributed by atoms with E-state index in [2.05, 4.69) is 21.2 Å². The Hall–Kier alpha value is -4.23. The first-order valence-corrected chi connectivity index (χ1v) is 10.4. The first-order chi connectivity index (χ1) is 15.8. The van der Waals surface area contributed by atoms with E-state index in [1.807, 2.05) is 6.07 Å². The van der Waals surface area contributed by atoms with Crippen molar-refractivity contribution in [3.63, 3.8) is 0 Å². The third-order valence-electron chi connectivity index (χ3n) is 4.36. The monoisotopic (exact) mass is 509 g/mol. The lowest BCUT2D eigenvalue weighted by molar-refractivity contribution is -0.384. The van der Waals surface area contributed by atoms with Gasteiger partial charge < -0.3 is 14.5 Å². The fourth-order valence-electron chi connectivity index (χ4n) is 2.79. The second-order valence-electron chi connectivity index (χ2n) is 6.55. The molecule has 0 spiro atoms. The van der Waals surface area contributed by atoms with Crippen LogP contribution in [0.25, 0.3) is 17.4 Å². The van der Waals surface area contributed by atoms with Crippen molar-refractivity contribution in [2.45, 2.75) is 6.92 Å². The lowest BCUT2D eigenvalue weighted by Crippen LogP contribution is -2.13. The van der Waals surface area contributed by atoms with Crippen LogP contribution in [0, 0.1) is 21.4 Å². The molecule has 33 heavy (non-hydrogen) atoms. The summed E-state index contributed by atoms with van der Waals surface area (Å²) in [6, 6.07) is 15.3. The largest absolute Gasteiger partial charge is 0.462 e. The van der Waals surface area contributed by atoms with Gasteiger partial charge >= 0.3 is 5.97 Å². The Morgan fingerprint density at radius 2 is 1.94 bits per heavy atom. The number of carbonyl (C=O) groups excluding carboxylic acids is 2. The highest BCUT2D eigenvalue weighted by atomic mass is 79.9. The Balaban J connectivity index is 1.75. The molecule has 9 nitrogen and oxygen atoms in total. The van der Waals surface area contributed by atoms with E-state index in [0.717, 1.165) is 0 Å². The quantitative estimate of drug-likeness (QED) is 0.149. The number of nitriles is 1. The molecular weight excluding hydrogens is 494 g/mol. The standard InChI is InChI=1S/C23H16BrN3O6/c1-2-32-23(29)14-3-5-16(6-4-14)26-22(28)15(13-25)11-18-8-10-21(33-18)19-9-7-17(27(30)31)12-20(19)24/h3-12H,2H2,1H3,(H,26,28)/b15-11+. The maximum Gasteiger partial charge on any atom is 0.338 e. The number of nitrogens with zero attached hydrogens (tertiary/aromatic N) is 2. The molecule has 166 valence electrons. The van der Waals surface area contributed by atoms with E-state index < -0.39 is 16.8 Å². The van der Waals surface area contributed by atoms with Crippen molar-refractivity contribution in [2.75, 3.05) is 11.9 Å². The van der Waals surface area contributed by atoms with E-state index in [1.54, 1.807) is 19.1 Å². The van der Waals surface area contributed by atoms with Crippen molar-refractivity contribution in [1.82, 2.24) is 0 Å². The third-order valence-corrected chi connectivity index (χ3v) is 5.02. The molecule has 3 aromatic rings. The van der Waals surface area contributed by atoms with Crippen molar-refractivity contribution < 1.29 is 23.7 Å². The SMILES string of the molecule is CCOC(=O)c1ccc(NC(=O)/C(C#N)=C/c2ccc(-c3ccc([N+](=O)[O-])cc3Br)o2)cc1. The molecule has 0 saturated carbocycles. The second kappa shape index (κ2) is 10.4. The number of nitro groups is 1. The number of rotatable bonds is 7. The van der Waals surface area contributed by atoms with Crippen LogP contribution in [0.3, 0.4) is 0 Å². The van der Waals surface area contributed by atoms with Gasteiger partial charge in [0.2, 0.25) is 0 Å². The number of non-ortho nitro benzene ring substituents is 1. The maximum absolute atomic E-state index is 12.5. The van der Waals surface area contributed by atoms with Crippen LogP contribution in [0.15, 0.2) is 69.1 Å². The first-order valence-electron chi connectivity index (χ1n) is 9.57. The summed E-state index contributed by atoms with van der Waals surface area (Å²) in [7, 11) is 0. The molecule has 0 atom stereocenters. The minimum atomic E-state index is -0.657. The normalized spacial score (nSPS) is 10.9. The number of hydrogen-bond donors (Lipinski definition) is 1. The van der Waals surface area contributed by atoms with Crippen molar-refractivity contribution in [3.05, 3.63) is 86.1 Å². The van der Waals surface area contributed by atoms with Crippen LogP contribution >= 0.6 is 15.9 Å². The molecule has 0 unspecified atom stereocenters. The summed E-state index contributed by atoms with van der Waals surface area (Å²) in [4.78, 5) is 34.6. The topological polar surface area (TPSA) is 135 Å². The molecule has 0 radical (unpaired) electrons. The van der Waals surface area contributed by atoms with Crippen molar-refractivity contribution >= 4 is 45.3 Å². The molecule has 1 N–H and O–H groups in total. The van der Waals surface area contributed by atoms with Gasteiger partial charge in [0.25, 0.3) is 11.6 Å². The average Bonchev–Trinajstić information content (AvgIpc) is 3.26. The van der Waals surface area contributed by atoms with Crippen LogP contribution in [-0.4, -0.2) is 23.4 Å². The first kappa shape index (κ1) is 23.4. The minimum absolute atomic E-state index is 0.0731. The predicted octanol–water partition coefficient (Wildman–Crippen LogP) is 5.34. The molecule has 3 rings (SSSR count). The fourth-order valence-corrected chi connectivity index (χ4v) is 3.35. The van der Waals surface area contributed by atoms with Gasteiger partial charge in [-0.25, -0.2) is 4.79 Å². The van der Waals surface area contributed by atoms with Crippen LogP contribution in [0.4, 0.5) is 11.4 Å². The second-order valence-corrected chi connectivity index (χ2v) is 7.40. The Labute approximate surface area is 196 Å². The number of anilines is 1. The number of hydrogen-bond acceptors (Lipinski definition) is 7. The molecule has 10 heteroatoms. The van der Waals surface area contributed by atoms with Gasteiger partial charge in [0.1, 0.15) is 23.2 Å². The molecule has 0 aliphatic rings. The molecule has 0 fully saturated rings. The summed E-state index contributed by atoms with van der Waals surface area (Å²) < 4.78 is 11.1. The molecule has 2 aromatic carbocycles. The zero-order valence-corrected chi connectivity index (χ0v) is 18.8. The third kappa shape index (κ3) is 5.72. The fraction of sp³-hybridized carbons (Fsp3) is 0.0870. The van der Waals surface area contributed by atoms with E-state index in [0.29, 0.717) is 27.0 Å². The van der Waals surface area contributed by atoms with Gasteiger partial charge in [-0.15, -0.1) is 0 Å². The molecule has 0 saturated heterocycles. The number of halogens is 1. The van der Waals surface area contributed by atoms with Crippen molar-refractivity contribution in [1.29, 1.82) is 5.26 Å². The van der Waals surface area contributed by atoms with Crippen LogP contribution in [0.5, 0.6) is 0 Å². The highest BCUT2D eigenvalue weighted by molar-refractivity contribution is 9.10. The van der Waals surface area contributed by atoms with Gasteiger partial charge in [0.05, 0.1) is 17.1 Å². The molecule has 1 aromatic heterocycles. The molecule has 0 bridgehead atoms. The summed E-state index contributed by atoms with van der Waals surface area (Å²) in [6.45, 7) is 1.96. The molecule has 0 aliphatic heterocycles. The lowest BCUT2D eigenvalue weighted by atomic mass is 10.1. The zero-order chi connectivity index (χ0) is 24.0. The molecular formula is C23H16BrN3O6. The van der Waals surface area contributed by atoms with E-state index in [-0.39, 0.29) is 23.6 Å². The maximum atomic E-state index is 12.5. The highest BCUT2D eigenvalue weighted by Gasteiger charge is 2.15. The summed E-state index contributed by atoms with van der Waals surface area (Å²) in [5.74, 6) is -0.480. The van der Waals surface area contributed by atoms with Crippen molar-refractivity contribution in [2.24, 2.45) is 0 Å². The zero-order valence-electron chi connectivity index (χ0n) is 17.2. The Kier molecular flexibility index (Phi) is 7.38. The predicted molar refractivity (Wildman–Crippen MR) is 123 cm³/mol. The van der Waals surface area contributed by atoms with E-state index >= 15 is 0 Å². The van der Waals surface area contributed by atoms with E-state index in [9.17, 15) is 25.0 Å². The van der Waals surface area contributed by atoms with Gasteiger partial charge in [-0.05, 0) is 65.3 Å². The van der Waals surface area contributed by atoms with Gasteiger partial charge in [0.15, 0.2) is 0 Å². The highest BCUT2D eigenvalue weighted by Crippen LogP contribution is 2.33. The Morgan fingerprint density at radius 3 is 2.55 bits per heavy atom. The smallest absolute Gasteiger partial charge is 0.338 e. The van der Waals surface area contributed by atoms with Gasteiger partial charge in [0, 0.05) is 33.9 Å². The minimum Gasteiger partial charge on any atom is -0.462 e. The average molecular weight is 510 g/mol. The van der Waals surface area contributed by atoms with Crippen LogP contribution in [0.2, 0.25) is 0 Å². The number of benzene rings is 2. The summed E-state index contributed by atoms with van der Waals surface area (Å²) in [6.07, 6.45) is 1.28. The summed E-state index contributed by atoms with van der Waals surface area (Å²) in [5.41, 5.74) is 1.03. The molecule has 1 heterocycles. The number of amides is 1.